The molecule has 0 aromatic rings. The Labute approximate surface area is 88.4 Å². The first kappa shape index (κ1) is 16.3. The smallest absolute Gasteiger partial charge is 0.0585 e. The predicted octanol–water partition coefficient (Wildman–Crippen LogP) is 0.425. The number of rotatable bonds is 5. The van der Waals surface area contributed by atoms with E-state index in [1.165, 1.54) is 6.42 Å². The summed E-state index contributed by atoms with van der Waals surface area (Å²) in [6.45, 7) is 7.29. The summed E-state index contributed by atoms with van der Waals surface area (Å²) in [7, 11) is 3.99. The highest BCUT2D eigenvalue weighted by Gasteiger charge is 2.02. The van der Waals surface area contributed by atoms with Gasteiger partial charge in [-0.25, -0.2) is 0 Å². The maximum Gasteiger partial charge on any atom is 0.0585 e. The van der Waals surface area contributed by atoms with Crippen LogP contribution >= 0.6 is 0 Å². The van der Waals surface area contributed by atoms with Crippen molar-refractivity contribution >= 4 is 0 Å². The van der Waals surface area contributed by atoms with Crippen LogP contribution in [0, 0.1) is 5.92 Å². The Morgan fingerprint density at radius 3 is 1.93 bits per heavy atom. The third-order valence-electron chi connectivity index (χ3n) is 1.75. The van der Waals surface area contributed by atoms with E-state index >= 15 is 0 Å². The number of hydrogen-bond acceptors (Lipinski definition) is 4. The van der Waals surface area contributed by atoms with Crippen LogP contribution in [0.25, 0.3) is 0 Å². The molecule has 0 aliphatic heterocycles. The van der Waals surface area contributed by atoms with Gasteiger partial charge in [0.2, 0.25) is 0 Å². The second-order valence-corrected chi connectivity index (χ2v) is 3.89. The van der Waals surface area contributed by atoms with Crippen molar-refractivity contribution in [2.45, 2.75) is 33.2 Å². The minimum atomic E-state index is -0.0417. The number of nitrogens with one attached hydrogen (secondary N) is 1. The fourth-order valence-electron chi connectivity index (χ4n) is 0.546. The second kappa shape index (κ2) is 10.9. The minimum absolute atomic E-state index is 0.0417. The van der Waals surface area contributed by atoms with Gasteiger partial charge in [0.25, 0.3) is 0 Å². The quantitative estimate of drug-likeness (QED) is 0.569. The maximum atomic E-state index is 8.38. The first-order valence-electron chi connectivity index (χ1n) is 5.22. The lowest BCUT2D eigenvalue weighted by molar-refractivity contribution is 0.238. The first-order valence-corrected chi connectivity index (χ1v) is 5.22. The van der Waals surface area contributed by atoms with Gasteiger partial charge in [-0.3, -0.25) is 10.4 Å². The first-order chi connectivity index (χ1) is 6.45. The Morgan fingerprint density at radius 1 is 1.36 bits per heavy atom. The highest BCUT2D eigenvalue weighted by atomic mass is 16.3. The lowest BCUT2D eigenvalue weighted by atomic mass is 10.1. The van der Waals surface area contributed by atoms with Crippen LogP contribution in [0.15, 0.2) is 0 Å². The molecule has 0 radical (unpaired) electrons. The molecule has 0 bridgehead atoms. The van der Waals surface area contributed by atoms with Crippen LogP contribution in [0.1, 0.15) is 27.2 Å². The topological polar surface area (TPSA) is 61.5 Å². The van der Waals surface area contributed by atoms with Crippen LogP contribution in [0.2, 0.25) is 0 Å². The number of nitrogens with zero attached hydrogens (tertiary/aromatic N) is 1. The Balaban J connectivity index is 0. The molecular weight excluding hydrogens is 178 g/mol. The van der Waals surface area contributed by atoms with Crippen molar-refractivity contribution in [3.63, 3.8) is 0 Å². The van der Waals surface area contributed by atoms with Crippen LogP contribution in [-0.2, 0) is 0 Å². The summed E-state index contributed by atoms with van der Waals surface area (Å²) >= 11 is 0. The lowest BCUT2D eigenvalue weighted by Crippen LogP contribution is -2.30. The standard InChI is InChI=1S/C5H14N2.C5H13NO/c1-4-5-6-7(2)3;1-4(2)5(6)3-7/h6H,4-5H2,1-3H3;4-5,7H,3,6H2,1-2H3. The molecule has 0 saturated heterocycles. The van der Waals surface area contributed by atoms with Crippen molar-refractivity contribution in [2.75, 3.05) is 27.2 Å². The molecule has 0 aromatic carbocycles. The van der Waals surface area contributed by atoms with E-state index in [1.807, 2.05) is 33.0 Å². The molecule has 4 N–H and O–H groups in total. The Hall–Kier alpha value is -0.160. The molecule has 14 heavy (non-hydrogen) atoms. The Morgan fingerprint density at radius 2 is 1.86 bits per heavy atom. The molecule has 0 rings (SSSR count). The molecule has 88 valence electrons. The molecule has 1 unspecified atom stereocenters. The van der Waals surface area contributed by atoms with E-state index < -0.39 is 0 Å². The molecule has 0 aliphatic rings. The van der Waals surface area contributed by atoms with Gasteiger partial charge in [0.05, 0.1) is 6.61 Å². The van der Waals surface area contributed by atoms with Gasteiger partial charge >= 0.3 is 0 Å². The summed E-state index contributed by atoms with van der Waals surface area (Å²) in [5, 5.41) is 10.3. The molecule has 0 aliphatic carbocycles. The number of hydrazine groups is 1. The zero-order valence-electron chi connectivity index (χ0n) is 10.2. The van der Waals surface area contributed by atoms with Crippen molar-refractivity contribution in [3.05, 3.63) is 0 Å². The highest BCUT2D eigenvalue weighted by Crippen LogP contribution is 1.94. The number of aliphatic hydroxyl groups excluding tert-OH is 1. The van der Waals surface area contributed by atoms with E-state index in [0.29, 0.717) is 5.92 Å². The highest BCUT2D eigenvalue weighted by molar-refractivity contribution is 4.61. The molecule has 4 nitrogen and oxygen atoms in total. The molecule has 0 fully saturated rings. The van der Waals surface area contributed by atoms with Crippen molar-refractivity contribution in [1.29, 1.82) is 0 Å². The zero-order chi connectivity index (χ0) is 11.6. The van der Waals surface area contributed by atoms with E-state index in [-0.39, 0.29) is 12.6 Å². The molecule has 0 saturated carbocycles. The SMILES string of the molecule is CC(C)C(N)CO.CCCNN(C)C. The van der Waals surface area contributed by atoms with Gasteiger partial charge in [-0.05, 0) is 12.3 Å². The van der Waals surface area contributed by atoms with E-state index in [9.17, 15) is 0 Å². The van der Waals surface area contributed by atoms with Gasteiger partial charge in [-0.15, -0.1) is 0 Å². The van der Waals surface area contributed by atoms with Crippen LogP contribution in [-0.4, -0.2) is 43.4 Å². The van der Waals surface area contributed by atoms with Crippen molar-refractivity contribution in [1.82, 2.24) is 10.4 Å². The summed E-state index contributed by atoms with van der Waals surface area (Å²) < 4.78 is 0. The summed E-state index contributed by atoms with van der Waals surface area (Å²) in [5.41, 5.74) is 8.49. The fourth-order valence-corrected chi connectivity index (χ4v) is 0.546. The molecular formula is C10H27N3O. The minimum Gasteiger partial charge on any atom is -0.395 e. The molecule has 4 heteroatoms. The Bertz CT molecular complexity index is 108. The number of hydrogen-bond donors (Lipinski definition) is 3. The molecule has 0 aromatic heterocycles. The van der Waals surface area contributed by atoms with Gasteiger partial charge in [0.15, 0.2) is 0 Å². The summed E-state index contributed by atoms with van der Waals surface area (Å²) in [6.07, 6.45) is 1.19. The zero-order valence-corrected chi connectivity index (χ0v) is 10.2. The van der Waals surface area contributed by atoms with Crippen molar-refractivity contribution in [2.24, 2.45) is 11.7 Å². The molecule has 0 heterocycles. The van der Waals surface area contributed by atoms with Gasteiger partial charge in [-0.2, -0.15) is 0 Å². The summed E-state index contributed by atoms with van der Waals surface area (Å²) in [4.78, 5) is 0. The number of nitrogens with two attached hydrogens (primary N) is 1. The predicted molar refractivity (Wildman–Crippen MR) is 61.9 cm³/mol. The second-order valence-electron chi connectivity index (χ2n) is 3.89. The van der Waals surface area contributed by atoms with E-state index in [1.54, 1.807) is 0 Å². The summed E-state index contributed by atoms with van der Waals surface area (Å²) in [5.74, 6) is 0.394. The third-order valence-corrected chi connectivity index (χ3v) is 1.75. The van der Waals surface area contributed by atoms with Crippen LogP contribution < -0.4 is 11.2 Å². The van der Waals surface area contributed by atoms with Crippen LogP contribution in [0.5, 0.6) is 0 Å². The van der Waals surface area contributed by atoms with Crippen molar-refractivity contribution < 1.29 is 5.11 Å². The molecule has 1 atom stereocenters. The molecule has 0 spiro atoms. The fraction of sp³-hybridized carbons (Fsp3) is 1.00. The maximum absolute atomic E-state index is 8.38. The van der Waals surface area contributed by atoms with Crippen LogP contribution in [0.4, 0.5) is 0 Å². The third kappa shape index (κ3) is 14.4. The average Bonchev–Trinajstić information content (AvgIpc) is 2.14. The lowest BCUT2D eigenvalue weighted by Gasteiger charge is -2.10. The van der Waals surface area contributed by atoms with Gasteiger partial charge in [0.1, 0.15) is 0 Å². The van der Waals surface area contributed by atoms with E-state index in [0.717, 1.165) is 6.54 Å². The molecule has 0 amide bonds. The normalized spacial score (nSPS) is 12.6. The van der Waals surface area contributed by atoms with Gasteiger partial charge < -0.3 is 10.8 Å². The Kier molecular flexibility index (Phi) is 12.7. The monoisotopic (exact) mass is 205 g/mol. The number of aliphatic hydroxyl groups is 1. The van der Waals surface area contributed by atoms with E-state index in [4.69, 9.17) is 10.8 Å². The van der Waals surface area contributed by atoms with Gasteiger partial charge in [0, 0.05) is 26.7 Å². The largest absolute Gasteiger partial charge is 0.395 e. The van der Waals surface area contributed by atoms with Gasteiger partial charge in [-0.1, -0.05) is 20.8 Å². The van der Waals surface area contributed by atoms with Crippen molar-refractivity contribution in [3.8, 4) is 0 Å². The van der Waals surface area contributed by atoms with E-state index in [2.05, 4.69) is 12.3 Å². The average molecular weight is 205 g/mol. The van der Waals surface area contributed by atoms with Crippen LogP contribution in [0.3, 0.4) is 0 Å². The summed E-state index contributed by atoms with van der Waals surface area (Å²) in [6, 6.07) is -0.0417.